The Hall–Kier alpha value is -0.120. The molecule has 1 rings (SSSR count). The maximum Gasteiger partial charge on any atom is 0.0506 e. The average Bonchev–Trinajstić information content (AvgIpc) is 2.25. The topological polar surface area (TPSA) is 24.5 Å². The van der Waals surface area contributed by atoms with Crippen molar-refractivity contribution >= 4 is 0 Å². The number of hydrogen-bond acceptors (Lipinski definition) is 3. The maximum atomic E-state index is 5.50. The molecule has 1 unspecified atom stereocenters. The molecule has 0 bridgehead atoms. The second-order valence-corrected chi connectivity index (χ2v) is 5.44. The van der Waals surface area contributed by atoms with E-state index in [1.165, 1.54) is 19.4 Å². The molecule has 1 saturated heterocycles. The third-order valence-corrected chi connectivity index (χ3v) is 3.05. The zero-order valence-corrected chi connectivity index (χ0v) is 11.2. The summed E-state index contributed by atoms with van der Waals surface area (Å²) < 4.78 is 5.50. The molecule has 1 aliphatic heterocycles. The predicted molar refractivity (Wildman–Crippen MR) is 68.7 cm³/mol. The van der Waals surface area contributed by atoms with Gasteiger partial charge in [0.1, 0.15) is 0 Å². The van der Waals surface area contributed by atoms with Gasteiger partial charge in [0.2, 0.25) is 0 Å². The van der Waals surface area contributed by atoms with Crippen LogP contribution in [0.2, 0.25) is 0 Å². The second-order valence-electron chi connectivity index (χ2n) is 5.44. The summed E-state index contributed by atoms with van der Waals surface area (Å²) in [4.78, 5) is 2.42. The van der Waals surface area contributed by atoms with Crippen LogP contribution < -0.4 is 5.32 Å². The summed E-state index contributed by atoms with van der Waals surface area (Å²) in [5.74, 6) is 1.50. The Morgan fingerprint density at radius 2 is 2.25 bits per heavy atom. The molecule has 0 aromatic heterocycles. The van der Waals surface area contributed by atoms with Crippen molar-refractivity contribution in [2.45, 2.75) is 26.7 Å². The van der Waals surface area contributed by atoms with Crippen LogP contribution in [0.25, 0.3) is 0 Å². The Kier molecular flexibility index (Phi) is 7.01. The minimum atomic E-state index is 0.747. The van der Waals surface area contributed by atoms with Gasteiger partial charge in [-0.05, 0) is 38.3 Å². The van der Waals surface area contributed by atoms with Crippen molar-refractivity contribution in [1.82, 2.24) is 10.2 Å². The van der Waals surface area contributed by atoms with E-state index in [9.17, 15) is 0 Å². The lowest BCUT2D eigenvalue weighted by atomic mass is 10.0. The van der Waals surface area contributed by atoms with Gasteiger partial charge in [-0.25, -0.2) is 0 Å². The van der Waals surface area contributed by atoms with E-state index in [-0.39, 0.29) is 0 Å². The summed E-state index contributed by atoms with van der Waals surface area (Å²) in [5.41, 5.74) is 0. The Bertz CT molecular complexity index is 167. The number of hydrogen-bond donors (Lipinski definition) is 1. The molecule has 1 atom stereocenters. The standard InChI is InChI=1S/C13H28N2O/c1-12(2)9-14-6-7-15(3)10-13-5-4-8-16-11-13/h12-14H,4-11H2,1-3H3. The highest BCUT2D eigenvalue weighted by atomic mass is 16.5. The lowest BCUT2D eigenvalue weighted by molar-refractivity contribution is 0.0422. The number of likely N-dealkylation sites (N-methyl/N-ethyl adjacent to an activating group) is 1. The van der Waals surface area contributed by atoms with E-state index >= 15 is 0 Å². The molecule has 1 N–H and O–H groups in total. The van der Waals surface area contributed by atoms with E-state index in [0.29, 0.717) is 0 Å². The molecule has 96 valence electrons. The molecule has 0 radical (unpaired) electrons. The molecule has 1 heterocycles. The van der Waals surface area contributed by atoms with E-state index in [1.54, 1.807) is 0 Å². The van der Waals surface area contributed by atoms with Gasteiger partial charge in [0.25, 0.3) is 0 Å². The highest BCUT2D eigenvalue weighted by Gasteiger charge is 2.15. The number of nitrogens with one attached hydrogen (secondary N) is 1. The summed E-state index contributed by atoms with van der Waals surface area (Å²) in [6.45, 7) is 11.0. The van der Waals surface area contributed by atoms with Gasteiger partial charge in [0, 0.05) is 26.2 Å². The zero-order chi connectivity index (χ0) is 11.8. The summed E-state index contributed by atoms with van der Waals surface area (Å²) in [6, 6.07) is 0. The van der Waals surface area contributed by atoms with Crippen molar-refractivity contribution < 1.29 is 4.74 Å². The Morgan fingerprint density at radius 3 is 2.88 bits per heavy atom. The van der Waals surface area contributed by atoms with E-state index in [0.717, 1.165) is 44.7 Å². The molecule has 0 saturated carbocycles. The van der Waals surface area contributed by atoms with Gasteiger partial charge in [0.15, 0.2) is 0 Å². The first-order chi connectivity index (χ1) is 7.68. The van der Waals surface area contributed by atoms with E-state index < -0.39 is 0 Å². The fraction of sp³-hybridized carbons (Fsp3) is 1.00. The highest BCUT2D eigenvalue weighted by molar-refractivity contribution is 4.67. The van der Waals surface area contributed by atoms with Crippen LogP contribution in [0.1, 0.15) is 26.7 Å². The molecule has 0 amide bonds. The van der Waals surface area contributed by atoms with Gasteiger partial charge in [-0.2, -0.15) is 0 Å². The summed E-state index contributed by atoms with van der Waals surface area (Å²) >= 11 is 0. The van der Waals surface area contributed by atoms with Crippen LogP contribution in [0.4, 0.5) is 0 Å². The van der Waals surface area contributed by atoms with Crippen molar-refractivity contribution in [2.24, 2.45) is 11.8 Å². The van der Waals surface area contributed by atoms with Crippen LogP contribution in [0, 0.1) is 11.8 Å². The predicted octanol–water partition coefficient (Wildman–Crippen LogP) is 1.59. The number of nitrogens with zero attached hydrogens (tertiary/aromatic N) is 1. The van der Waals surface area contributed by atoms with Crippen LogP contribution in [-0.4, -0.2) is 51.3 Å². The lowest BCUT2D eigenvalue weighted by Gasteiger charge is -2.27. The molecule has 0 spiro atoms. The minimum absolute atomic E-state index is 0.747. The van der Waals surface area contributed by atoms with E-state index in [1.807, 2.05) is 0 Å². The molecule has 0 aromatic rings. The van der Waals surface area contributed by atoms with Crippen LogP contribution >= 0.6 is 0 Å². The second kappa shape index (κ2) is 8.04. The monoisotopic (exact) mass is 228 g/mol. The molecule has 3 nitrogen and oxygen atoms in total. The molecule has 1 aliphatic rings. The number of rotatable bonds is 7. The molecule has 0 aliphatic carbocycles. The largest absolute Gasteiger partial charge is 0.381 e. The minimum Gasteiger partial charge on any atom is -0.381 e. The molecule has 1 fully saturated rings. The van der Waals surface area contributed by atoms with Crippen LogP contribution in [0.3, 0.4) is 0 Å². The van der Waals surface area contributed by atoms with Gasteiger partial charge >= 0.3 is 0 Å². The fourth-order valence-corrected chi connectivity index (χ4v) is 2.14. The SMILES string of the molecule is CC(C)CNCCN(C)CC1CCCOC1. The fourth-order valence-electron chi connectivity index (χ4n) is 2.14. The van der Waals surface area contributed by atoms with Gasteiger partial charge in [-0.3, -0.25) is 0 Å². The maximum absolute atomic E-state index is 5.50. The van der Waals surface area contributed by atoms with Crippen LogP contribution in [0.5, 0.6) is 0 Å². The first-order valence-electron chi connectivity index (χ1n) is 6.65. The third kappa shape index (κ3) is 6.46. The van der Waals surface area contributed by atoms with Crippen LogP contribution in [0.15, 0.2) is 0 Å². The van der Waals surface area contributed by atoms with Crippen molar-refractivity contribution in [3.63, 3.8) is 0 Å². The van der Waals surface area contributed by atoms with Crippen LogP contribution in [-0.2, 0) is 4.74 Å². The Morgan fingerprint density at radius 1 is 1.44 bits per heavy atom. The highest BCUT2D eigenvalue weighted by Crippen LogP contribution is 2.13. The van der Waals surface area contributed by atoms with Crippen molar-refractivity contribution in [1.29, 1.82) is 0 Å². The van der Waals surface area contributed by atoms with Crippen molar-refractivity contribution in [3.05, 3.63) is 0 Å². The normalized spacial score (nSPS) is 21.9. The Labute approximate surface area is 101 Å². The lowest BCUT2D eigenvalue weighted by Crippen LogP contribution is -2.36. The van der Waals surface area contributed by atoms with Gasteiger partial charge in [0.05, 0.1) is 6.61 Å². The van der Waals surface area contributed by atoms with Crippen molar-refractivity contribution in [2.75, 3.05) is 46.4 Å². The number of ether oxygens (including phenoxy) is 1. The average molecular weight is 228 g/mol. The zero-order valence-electron chi connectivity index (χ0n) is 11.2. The molecular weight excluding hydrogens is 200 g/mol. The Balaban J connectivity index is 1.99. The van der Waals surface area contributed by atoms with E-state index in [2.05, 4.69) is 31.1 Å². The molecule has 3 heteroatoms. The molecule has 16 heavy (non-hydrogen) atoms. The summed E-state index contributed by atoms with van der Waals surface area (Å²) in [7, 11) is 2.21. The first kappa shape index (κ1) is 13.9. The first-order valence-corrected chi connectivity index (χ1v) is 6.65. The third-order valence-electron chi connectivity index (χ3n) is 3.05. The molecular formula is C13H28N2O. The molecule has 0 aromatic carbocycles. The quantitative estimate of drug-likeness (QED) is 0.670. The van der Waals surface area contributed by atoms with Gasteiger partial charge in [-0.15, -0.1) is 0 Å². The van der Waals surface area contributed by atoms with Crippen molar-refractivity contribution in [3.8, 4) is 0 Å². The smallest absolute Gasteiger partial charge is 0.0506 e. The summed E-state index contributed by atoms with van der Waals surface area (Å²) in [6.07, 6.45) is 2.58. The summed E-state index contributed by atoms with van der Waals surface area (Å²) in [5, 5.41) is 3.48. The van der Waals surface area contributed by atoms with Gasteiger partial charge in [-0.1, -0.05) is 13.8 Å². The van der Waals surface area contributed by atoms with E-state index in [4.69, 9.17) is 4.74 Å². The van der Waals surface area contributed by atoms with Gasteiger partial charge < -0.3 is 15.0 Å².